The number of nitrogens with two attached hydrogens (primary N) is 1. The number of hydrogen-bond acceptors (Lipinski definition) is 4. The average molecular weight is 300 g/mol. The Kier molecular flexibility index (Phi) is 6.61. The van der Waals surface area contributed by atoms with Gasteiger partial charge in [-0.25, -0.2) is 13.1 Å². The summed E-state index contributed by atoms with van der Waals surface area (Å²) in [7, 11) is -3.48. The molecule has 0 fully saturated rings. The molecule has 1 aromatic carbocycles. The summed E-state index contributed by atoms with van der Waals surface area (Å²) in [6, 6.07) is 4.96. The average Bonchev–Trinajstić information content (AvgIpc) is 2.37. The Labute approximate surface area is 121 Å². The van der Waals surface area contributed by atoms with Crippen LogP contribution in [0.4, 0.5) is 0 Å². The Bertz CT molecular complexity index is 527. The molecule has 1 rings (SSSR count). The van der Waals surface area contributed by atoms with E-state index in [2.05, 4.69) is 4.72 Å². The normalized spacial score (nSPS) is 12.1. The Morgan fingerprint density at radius 1 is 1.35 bits per heavy atom. The van der Waals surface area contributed by atoms with Crippen LogP contribution in [0.25, 0.3) is 0 Å². The van der Waals surface area contributed by atoms with Crippen LogP contribution in [0.2, 0.25) is 0 Å². The van der Waals surface area contributed by atoms with E-state index in [1.54, 1.807) is 18.2 Å². The number of aryl methyl sites for hydroxylation is 1. The third kappa shape index (κ3) is 5.20. The monoisotopic (exact) mass is 300 g/mol. The number of sulfonamides is 1. The highest BCUT2D eigenvalue weighted by Crippen LogP contribution is 2.14. The molecule has 5 nitrogen and oxygen atoms in total. The van der Waals surface area contributed by atoms with E-state index in [9.17, 15) is 8.42 Å². The van der Waals surface area contributed by atoms with E-state index in [0.717, 1.165) is 11.1 Å². The molecule has 0 amide bonds. The van der Waals surface area contributed by atoms with Gasteiger partial charge in [-0.05, 0) is 36.1 Å². The van der Waals surface area contributed by atoms with Crippen molar-refractivity contribution in [2.24, 2.45) is 11.7 Å². The van der Waals surface area contributed by atoms with Crippen molar-refractivity contribution < 1.29 is 13.2 Å². The summed E-state index contributed by atoms with van der Waals surface area (Å²) in [5.74, 6) is 0.443. The summed E-state index contributed by atoms with van der Waals surface area (Å²) in [6.07, 6.45) is 0. The van der Waals surface area contributed by atoms with Crippen LogP contribution >= 0.6 is 0 Å². The highest BCUT2D eigenvalue weighted by molar-refractivity contribution is 7.89. The minimum Gasteiger partial charge on any atom is -0.380 e. The summed E-state index contributed by atoms with van der Waals surface area (Å²) >= 11 is 0. The number of nitrogens with one attached hydrogen (secondary N) is 1. The van der Waals surface area contributed by atoms with E-state index in [1.807, 2.05) is 20.8 Å². The molecule has 0 unspecified atom stereocenters. The quantitative estimate of drug-likeness (QED) is 0.711. The number of hydrogen-bond donors (Lipinski definition) is 2. The van der Waals surface area contributed by atoms with Crippen LogP contribution < -0.4 is 10.5 Å². The predicted molar refractivity (Wildman–Crippen MR) is 79.9 cm³/mol. The molecule has 0 saturated heterocycles. The SMILES string of the molecule is Cc1cc(S(=O)(=O)NCCOCC(C)C)ccc1CN. The molecule has 0 aliphatic rings. The lowest BCUT2D eigenvalue weighted by atomic mass is 10.1. The predicted octanol–water partition coefficient (Wildman–Crippen LogP) is 1.40. The molecule has 0 aromatic heterocycles. The van der Waals surface area contributed by atoms with Gasteiger partial charge in [-0.3, -0.25) is 0 Å². The lowest BCUT2D eigenvalue weighted by molar-refractivity contribution is 0.114. The van der Waals surface area contributed by atoms with Gasteiger partial charge < -0.3 is 10.5 Å². The molecular weight excluding hydrogens is 276 g/mol. The highest BCUT2D eigenvalue weighted by atomic mass is 32.2. The third-order valence-corrected chi connectivity index (χ3v) is 4.29. The van der Waals surface area contributed by atoms with Gasteiger partial charge in [0.15, 0.2) is 0 Å². The van der Waals surface area contributed by atoms with Crippen molar-refractivity contribution >= 4 is 10.0 Å². The molecule has 0 bridgehead atoms. The maximum atomic E-state index is 12.1. The Hall–Kier alpha value is -0.950. The van der Waals surface area contributed by atoms with Crippen LogP contribution in [-0.4, -0.2) is 28.2 Å². The summed E-state index contributed by atoms with van der Waals surface area (Å²) in [6.45, 7) is 7.63. The third-order valence-electron chi connectivity index (χ3n) is 2.83. The first-order valence-corrected chi connectivity index (χ1v) is 8.22. The van der Waals surface area contributed by atoms with Crippen LogP contribution in [0.3, 0.4) is 0 Å². The van der Waals surface area contributed by atoms with Crippen molar-refractivity contribution in [2.45, 2.75) is 32.2 Å². The zero-order chi connectivity index (χ0) is 15.2. The minimum absolute atomic E-state index is 0.260. The van der Waals surface area contributed by atoms with Gasteiger partial charge in [0, 0.05) is 19.7 Å². The Morgan fingerprint density at radius 2 is 2.05 bits per heavy atom. The molecule has 0 saturated carbocycles. The first-order chi connectivity index (χ1) is 9.36. The first kappa shape index (κ1) is 17.1. The molecule has 0 aliphatic heterocycles. The molecular formula is C14H24N2O3S. The molecule has 0 heterocycles. The van der Waals surface area contributed by atoms with Gasteiger partial charge in [-0.1, -0.05) is 19.9 Å². The van der Waals surface area contributed by atoms with Gasteiger partial charge in [0.25, 0.3) is 0 Å². The fraction of sp³-hybridized carbons (Fsp3) is 0.571. The van der Waals surface area contributed by atoms with Crippen LogP contribution in [0.5, 0.6) is 0 Å². The summed E-state index contributed by atoms with van der Waals surface area (Å²) in [4.78, 5) is 0.260. The van der Waals surface area contributed by atoms with Crippen LogP contribution in [0.15, 0.2) is 23.1 Å². The smallest absolute Gasteiger partial charge is 0.240 e. The second kappa shape index (κ2) is 7.73. The minimum atomic E-state index is -3.48. The zero-order valence-corrected chi connectivity index (χ0v) is 13.2. The van der Waals surface area contributed by atoms with Gasteiger partial charge >= 0.3 is 0 Å². The fourth-order valence-corrected chi connectivity index (χ4v) is 2.81. The van der Waals surface area contributed by atoms with Crippen LogP contribution in [0.1, 0.15) is 25.0 Å². The maximum absolute atomic E-state index is 12.1. The number of benzene rings is 1. The number of ether oxygens (including phenoxy) is 1. The van der Waals surface area contributed by atoms with Crippen molar-refractivity contribution in [1.29, 1.82) is 0 Å². The molecule has 20 heavy (non-hydrogen) atoms. The Balaban J connectivity index is 2.58. The molecule has 0 atom stereocenters. The van der Waals surface area contributed by atoms with Crippen molar-refractivity contribution in [3.8, 4) is 0 Å². The second-order valence-electron chi connectivity index (χ2n) is 5.16. The molecule has 6 heteroatoms. The molecule has 114 valence electrons. The van der Waals surface area contributed by atoms with Gasteiger partial charge in [0.2, 0.25) is 10.0 Å². The lowest BCUT2D eigenvalue weighted by Gasteiger charge is -2.10. The second-order valence-corrected chi connectivity index (χ2v) is 6.93. The Morgan fingerprint density at radius 3 is 2.60 bits per heavy atom. The molecule has 1 aromatic rings. The van der Waals surface area contributed by atoms with E-state index < -0.39 is 10.0 Å². The van der Waals surface area contributed by atoms with Crippen molar-refractivity contribution in [2.75, 3.05) is 19.8 Å². The fourth-order valence-electron chi connectivity index (χ4n) is 1.72. The maximum Gasteiger partial charge on any atom is 0.240 e. The first-order valence-electron chi connectivity index (χ1n) is 6.74. The van der Waals surface area contributed by atoms with E-state index in [4.69, 9.17) is 10.5 Å². The standard InChI is InChI=1S/C14H24N2O3S/c1-11(2)10-19-7-6-16-20(17,18)14-5-4-13(9-15)12(3)8-14/h4-5,8,11,16H,6-7,9-10,15H2,1-3H3. The van der Waals surface area contributed by atoms with Gasteiger partial charge in [-0.15, -0.1) is 0 Å². The van der Waals surface area contributed by atoms with E-state index >= 15 is 0 Å². The highest BCUT2D eigenvalue weighted by Gasteiger charge is 2.14. The van der Waals surface area contributed by atoms with Gasteiger partial charge in [0.05, 0.1) is 11.5 Å². The molecule has 0 spiro atoms. The van der Waals surface area contributed by atoms with Crippen LogP contribution in [-0.2, 0) is 21.3 Å². The van der Waals surface area contributed by atoms with Gasteiger partial charge in [0.1, 0.15) is 0 Å². The van der Waals surface area contributed by atoms with Crippen molar-refractivity contribution in [3.05, 3.63) is 29.3 Å². The van der Waals surface area contributed by atoms with E-state index in [0.29, 0.717) is 25.7 Å². The van der Waals surface area contributed by atoms with Crippen molar-refractivity contribution in [1.82, 2.24) is 4.72 Å². The molecule has 0 radical (unpaired) electrons. The van der Waals surface area contributed by atoms with Crippen molar-refractivity contribution in [3.63, 3.8) is 0 Å². The largest absolute Gasteiger partial charge is 0.380 e. The van der Waals surface area contributed by atoms with Crippen LogP contribution in [0, 0.1) is 12.8 Å². The summed E-state index contributed by atoms with van der Waals surface area (Å²) < 4.78 is 32.0. The molecule has 3 N–H and O–H groups in total. The summed E-state index contributed by atoms with van der Waals surface area (Å²) in [5.41, 5.74) is 7.40. The number of rotatable bonds is 8. The van der Waals surface area contributed by atoms with E-state index in [-0.39, 0.29) is 11.4 Å². The zero-order valence-electron chi connectivity index (χ0n) is 12.3. The molecule has 0 aliphatic carbocycles. The lowest BCUT2D eigenvalue weighted by Crippen LogP contribution is -2.28. The topological polar surface area (TPSA) is 81.4 Å². The van der Waals surface area contributed by atoms with Gasteiger partial charge in [-0.2, -0.15) is 0 Å². The van der Waals surface area contributed by atoms with E-state index in [1.165, 1.54) is 0 Å². The summed E-state index contributed by atoms with van der Waals surface area (Å²) in [5, 5.41) is 0.